The molecular weight excluding hydrogens is 412 g/mol. The summed E-state index contributed by atoms with van der Waals surface area (Å²) >= 11 is 0. The van der Waals surface area contributed by atoms with Gasteiger partial charge in [-0.05, 0) is 48.7 Å². The molecule has 1 aliphatic carbocycles. The molecule has 33 heavy (non-hydrogen) atoms. The Balaban J connectivity index is 1.45. The quantitative estimate of drug-likeness (QED) is 0.556. The summed E-state index contributed by atoms with van der Waals surface area (Å²) in [4.78, 5) is 13.1. The summed E-state index contributed by atoms with van der Waals surface area (Å²) in [6, 6.07) is 12.3. The van der Waals surface area contributed by atoms with Crippen molar-refractivity contribution in [3.05, 3.63) is 71.8 Å². The molecule has 0 bridgehead atoms. The molecule has 3 heterocycles. The van der Waals surface area contributed by atoms with Gasteiger partial charge in [0.05, 0.1) is 0 Å². The van der Waals surface area contributed by atoms with Gasteiger partial charge < -0.3 is 15.2 Å². The molecule has 0 radical (unpaired) electrons. The van der Waals surface area contributed by atoms with E-state index < -0.39 is 5.54 Å². The Morgan fingerprint density at radius 3 is 2.42 bits per heavy atom. The Morgan fingerprint density at radius 1 is 0.909 bits per heavy atom. The van der Waals surface area contributed by atoms with Gasteiger partial charge in [0.1, 0.15) is 24.4 Å². The van der Waals surface area contributed by atoms with Crippen molar-refractivity contribution in [1.29, 1.82) is 0 Å². The highest BCUT2D eigenvalue weighted by Crippen LogP contribution is 2.51. The van der Waals surface area contributed by atoms with Crippen LogP contribution < -0.4 is 10.5 Å². The number of amidine groups is 1. The second-order valence-corrected chi connectivity index (χ2v) is 8.85. The fourth-order valence-corrected chi connectivity index (χ4v) is 4.99. The van der Waals surface area contributed by atoms with Crippen molar-refractivity contribution in [3.63, 3.8) is 0 Å². The Kier molecular flexibility index (Phi) is 4.76. The number of fused-ring (bicyclic) bond motifs is 4. The third-order valence-corrected chi connectivity index (χ3v) is 6.72. The van der Waals surface area contributed by atoms with E-state index in [1.165, 1.54) is 38.4 Å². The van der Waals surface area contributed by atoms with Gasteiger partial charge in [-0.15, -0.1) is 0 Å². The van der Waals surface area contributed by atoms with Crippen molar-refractivity contribution in [3.8, 4) is 34.5 Å². The van der Waals surface area contributed by atoms with E-state index >= 15 is 0 Å². The summed E-state index contributed by atoms with van der Waals surface area (Å²) in [5.74, 6) is 8.87. The van der Waals surface area contributed by atoms with Crippen LogP contribution in [-0.4, -0.2) is 22.6 Å². The SMILES string of the molecule is NC1=N[C@]2(CO1)c1cc(C#CC3CCCCC3)ccc1Oc1ccc(-c3cncnc3)cc12. The fraction of sp³-hybridized carbons (Fsp3) is 0.296. The minimum absolute atomic E-state index is 0.181. The van der Waals surface area contributed by atoms with Crippen LogP contribution in [0.1, 0.15) is 48.8 Å². The highest BCUT2D eigenvalue weighted by atomic mass is 16.5. The molecule has 164 valence electrons. The van der Waals surface area contributed by atoms with Crippen LogP contribution in [-0.2, 0) is 10.3 Å². The van der Waals surface area contributed by atoms with Crippen LogP contribution in [0.5, 0.6) is 11.5 Å². The predicted molar refractivity (Wildman–Crippen MR) is 126 cm³/mol. The molecule has 6 heteroatoms. The van der Waals surface area contributed by atoms with E-state index in [4.69, 9.17) is 20.2 Å². The lowest BCUT2D eigenvalue weighted by molar-refractivity contribution is 0.264. The molecule has 1 atom stereocenters. The maximum absolute atomic E-state index is 6.29. The number of ether oxygens (including phenoxy) is 2. The van der Waals surface area contributed by atoms with E-state index in [2.05, 4.69) is 33.9 Å². The predicted octanol–water partition coefficient (Wildman–Crippen LogP) is 4.77. The van der Waals surface area contributed by atoms with E-state index in [1.54, 1.807) is 12.4 Å². The van der Waals surface area contributed by atoms with Gasteiger partial charge in [-0.2, -0.15) is 0 Å². The summed E-state index contributed by atoms with van der Waals surface area (Å²) in [6.45, 7) is 0.316. The minimum atomic E-state index is -0.777. The monoisotopic (exact) mass is 436 g/mol. The summed E-state index contributed by atoms with van der Waals surface area (Å²) in [5, 5.41) is 0. The first-order valence-corrected chi connectivity index (χ1v) is 11.4. The van der Waals surface area contributed by atoms with Crippen LogP contribution in [0.25, 0.3) is 11.1 Å². The maximum Gasteiger partial charge on any atom is 0.283 e. The minimum Gasteiger partial charge on any atom is -0.462 e. The molecule has 2 N–H and O–H groups in total. The summed E-state index contributed by atoms with van der Waals surface area (Å²) in [6.07, 6.45) is 11.4. The van der Waals surface area contributed by atoms with Crippen LogP contribution in [0.4, 0.5) is 0 Å². The molecule has 6 nitrogen and oxygen atoms in total. The van der Waals surface area contributed by atoms with Crippen LogP contribution in [0.15, 0.2) is 60.1 Å². The smallest absolute Gasteiger partial charge is 0.283 e. The molecule has 1 fully saturated rings. The van der Waals surface area contributed by atoms with Crippen molar-refractivity contribution in [2.24, 2.45) is 16.6 Å². The molecule has 0 unspecified atom stereocenters. The topological polar surface area (TPSA) is 82.6 Å². The number of nitrogens with zero attached hydrogens (tertiary/aromatic N) is 3. The number of hydrogen-bond acceptors (Lipinski definition) is 6. The zero-order valence-corrected chi connectivity index (χ0v) is 18.3. The van der Waals surface area contributed by atoms with Crippen molar-refractivity contribution in [2.45, 2.75) is 37.6 Å². The molecular formula is C27H24N4O2. The maximum atomic E-state index is 6.29. The molecule has 1 aromatic heterocycles. The number of nitrogens with two attached hydrogens (primary N) is 1. The largest absolute Gasteiger partial charge is 0.462 e. The van der Waals surface area contributed by atoms with Gasteiger partial charge in [0.2, 0.25) is 0 Å². The van der Waals surface area contributed by atoms with Crippen LogP contribution in [0, 0.1) is 17.8 Å². The fourth-order valence-electron chi connectivity index (χ4n) is 4.99. The number of benzene rings is 2. The van der Waals surface area contributed by atoms with Crippen LogP contribution in [0.3, 0.4) is 0 Å². The highest BCUT2D eigenvalue weighted by Gasteiger charge is 2.47. The molecule has 6 rings (SSSR count). The van der Waals surface area contributed by atoms with E-state index in [0.717, 1.165) is 39.3 Å². The van der Waals surface area contributed by atoms with E-state index in [0.29, 0.717) is 12.5 Å². The number of hydrogen-bond donors (Lipinski definition) is 1. The molecule has 2 aromatic carbocycles. The summed E-state index contributed by atoms with van der Waals surface area (Å²) < 4.78 is 12.0. The Hall–Kier alpha value is -3.85. The Labute approximate surface area is 192 Å². The zero-order chi connectivity index (χ0) is 22.3. The van der Waals surface area contributed by atoms with E-state index in [-0.39, 0.29) is 6.02 Å². The van der Waals surface area contributed by atoms with Gasteiger partial charge in [0, 0.05) is 40.6 Å². The number of rotatable bonds is 1. The molecule has 0 amide bonds. The lowest BCUT2D eigenvalue weighted by Crippen LogP contribution is -2.31. The first kappa shape index (κ1) is 19.8. The number of aliphatic imine (C=N–C) groups is 1. The first-order valence-electron chi connectivity index (χ1n) is 11.4. The first-order chi connectivity index (χ1) is 16.2. The molecule has 1 saturated carbocycles. The Morgan fingerprint density at radius 2 is 1.67 bits per heavy atom. The van der Waals surface area contributed by atoms with Crippen molar-refractivity contribution in [2.75, 3.05) is 6.61 Å². The third kappa shape index (κ3) is 3.50. The average molecular weight is 437 g/mol. The van der Waals surface area contributed by atoms with E-state index in [1.807, 2.05) is 24.3 Å². The highest BCUT2D eigenvalue weighted by molar-refractivity contribution is 5.78. The second-order valence-electron chi connectivity index (χ2n) is 8.85. The van der Waals surface area contributed by atoms with Gasteiger partial charge in [0.15, 0.2) is 5.54 Å². The molecule has 1 spiro atoms. The van der Waals surface area contributed by atoms with Crippen molar-refractivity contribution >= 4 is 6.02 Å². The molecule has 0 saturated heterocycles. The van der Waals surface area contributed by atoms with E-state index in [9.17, 15) is 0 Å². The molecule has 3 aliphatic rings. The zero-order valence-electron chi connectivity index (χ0n) is 18.3. The second kappa shape index (κ2) is 7.93. The third-order valence-electron chi connectivity index (χ3n) is 6.72. The Bertz CT molecular complexity index is 1300. The van der Waals surface area contributed by atoms with Crippen molar-refractivity contribution in [1.82, 2.24) is 9.97 Å². The van der Waals surface area contributed by atoms with Crippen LogP contribution >= 0.6 is 0 Å². The molecule has 2 aliphatic heterocycles. The van der Waals surface area contributed by atoms with Crippen molar-refractivity contribution < 1.29 is 9.47 Å². The number of aromatic nitrogens is 2. The van der Waals surface area contributed by atoms with Gasteiger partial charge in [0.25, 0.3) is 6.02 Å². The van der Waals surface area contributed by atoms with Crippen LogP contribution in [0.2, 0.25) is 0 Å². The molecule has 3 aromatic rings. The van der Waals surface area contributed by atoms with Gasteiger partial charge >= 0.3 is 0 Å². The van der Waals surface area contributed by atoms with Gasteiger partial charge in [-0.1, -0.05) is 37.2 Å². The normalized spacial score (nSPS) is 21.2. The summed E-state index contributed by atoms with van der Waals surface area (Å²) in [7, 11) is 0. The van der Waals surface area contributed by atoms with Gasteiger partial charge in [-0.3, -0.25) is 0 Å². The van der Waals surface area contributed by atoms with Gasteiger partial charge in [-0.25, -0.2) is 15.0 Å². The average Bonchev–Trinajstić information content (AvgIpc) is 3.26. The lowest BCUT2D eigenvalue weighted by atomic mass is 9.80. The summed E-state index contributed by atoms with van der Waals surface area (Å²) in [5.41, 5.74) is 9.95. The lowest BCUT2D eigenvalue weighted by Gasteiger charge is -2.33. The standard InChI is InChI=1S/C27H24N4O2/c28-26-31-27(16-32-26)22-12-19(7-6-18-4-2-1-3-5-18)8-10-24(22)33-25-11-9-20(13-23(25)27)21-14-29-17-30-15-21/h8-15,17-18H,1-5,16H2,(H2,28,31)/t27-/m1/s1.